The van der Waals surface area contributed by atoms with Gasteiger partial charge in [-0.3, -0.25) is 0 Å². The first kappa shape index (κ1) is 12.8. The number of hydrogen-bond donors (Lipinski definition) is 0. The molecule has 2 aliphatic carbocycles. The Morgan fingerprint density at radius 3 is 2.85 bits per heavy atom. The smallest absolute Gasteiger partial charge is 0.334 e. The van der Waals surface area contributed by atoms with Crippen molar-refractivity contribution in [1.82, 2.24) is 0 Å². The Balaban J connectivity index is 1.45. The van der Waals surface area contributed by atoms with Crippen molar-refractivity contribution in [2.75, 3.05) is 13.2 Å². The van der Waals surface area contributed by atoms with Gasteiger partial charge in [-0.25, -0.2) is 4.79 Å². The van der Waals surface area contributed by atoms with E-state index in [2.05, 4.69) is 6.92 Å². The maximum atomic E-state index is 12.2. The van der Waals surface area contributed by atoms with Crippen LogP contribution in [0.15, 0.2) is 11.1 Å². The molecule has 0 spiro atoms. The number of esters is 1. The lowest BCUT2D eigenvalue weighted by Gasteiger charge is -2.51. The molecule has 2 saturated carbocycles. The summed E-state index contributed by atoms with van der Waals surface area (Å²) in [4.78, 5) is 12.2. The number of carbonyl (C=O) groups is 1. The zero-order valence-corrected chi connectivity index (χ0v) is 12.0. The van der Waals surface area contributed by atoms with Gasteiger partial charge < -0.3 is 14.2 Å². The summed E-state index contributed by atoms with van der Waals surface area (Å²) in [6.45, 7) is 3.69. The molecule has 110 valence electrons. The van der Waals surface area contributed by atoms with Crippen molar-refractivity contribution in [3.63, 3.8) is 0 Å². The first-order valence-electron chi connectivity index (χ1n) is 7.86. The van der Waals surface area contributed by atoms with Crippen LogP contribution >= 0.6 is 0 Å². The van der Waals surface area contributed by atoms with E-state index in [9.17, 15) is 4.79 Å². The van der Waals surface area contributed by atoms with E-state index in [0.717, 1.165) is 43.6 Å². The van der Waals surface area contributed by atoms with E-state index >= 15 is 0 Å². The van der Waals surface area contributed by atoms with Gasteiger partial charge in [0.2, 0.25) is 0 Å². The predicted octanol–water partition coefficient (Wildman–Crippen LogP) is 2.57. The minimum Gasteiger partial charge on any atom is -0.458 e. The Kier molecular flexibility index (Phi) is 2.93. The van der Waals surface area contributed by atoms with Crippen LogP contribution < -0.4 is 0 Å². The van der Waals surface area contributed by atoms with Gasteiger partial charge in [0.25, 0.3) is 0 Å². The minimum absolute atomic E-state index is 0.0592. The second kappa shape index (κ2) is 4.57. The SMILES string of the molecule is C[C@@]12C3=C(CCCC4OCCO4)C(=O)O[C@@H]1CC[C@@H]2C3. The van der Waals surface area contributed by atoms with Gasteiger partial charge in [0.05, 0.1) is 13.2 Å². The fraction of sp³-hybridized carbons (Fsp3) is 0.812. The second-order valence-electron chi connectivity index (χ2n) is 6.68. The van der Waals surface area contributed by atoms with E-state index in [1.807, 2.05) is 0 Å². The summed E-state index contributed by atoms with van der Waals surface area (Å²) in [6, 6.07) is 0. The van der Waals surface area contributed by atoms with Crippen LogP contribution in [-0.2, 0) is 19.0 Å². The molecule has 3 atom stereocenters. The second-order valence-corrected chi connectivity index (χ2v) is 6.68. The van der Waals surface area contributed by atoms with Crippen molar-refractivity contribution < 1.29 is 19.0 Å². The average Bonchev–Trinajstić information content (AvgIpc) is 3.02. The third-order valence-corrected chi connectivity index (χ3v) is 5.81. The molecule has 4 aliphatic rings. The largest absolute Gasteiger partial charge is 0.458 e. The Morgan fingerprint density at radius 1 is 1.25 bits per heavy atom. The summed E-state index contributed by atoms with van der Waals surface area (Å²) < 4.78 is 16.6. The quantitative estimate of drug-likeness (QED) is 0.741. The third-order valence-electron chi connectivity index (χ3n) is 5.81. The number of ether oxygens (including phenoxy) is 3. The molecule has 3 fully saturated rings. The molecule has 2 aliphatic heterocycles. The third kappa shape index (κ3) is 1.70. The van der Waals surface area contributed by atoms with Crippen LogP contribution in [0.25, 0.3) is 0 Å². The molecule has 0 radical (unpaired) electrons. The average molecular weight is 278 g/mol. The van der Waals surface area contributed by atoms with E-state index in [1.54, 1.807) is 0 Å². The molecule has 2 heterocycles. The number of rotatable bonds is 4. The first-order chi connectivity index (χ1) is 9.69. The Labute approximate surface area is 119 Å². The summed E-state index contributed by atoms with van der Waals surface area (Å²) in [5, 5.41) is 0. The molecule has 0 aromatic heterocycles. The van der Waals surface area contributed by atoms with Gasteiger partial charge in [-0.05, 0) is 50.0 Å². The molecule has 1 saturated heterocycles. The molecule has 20 heavy (non-hydrogen) atoms. The fourth-order valence-corrected chi connectivity index (χ4v) is 4.53. The van der Waals surface area contributed by atoms with Crippen molar-refractivity contribution in [2.45, 2.75) is 57.8 Å². The molecule has 4 nitrogen and oxygen atoms in total. The molecule has 0 aromatic carbocycles. The molecule has 4 heteroatoms. The van der Waals surface area contributed by atoms with Crippen LogP contribution in [0, 0.1) is 11.3 Å². The van der Waals surface area contributed by atoms with Gasteiger partial charge in [0.1, 0.15) is 6.10 Å². The maximum Gasteiger partial charge on any atom is 0.334 e. The highest BCUT2D eigenvalue weighted by atomic mass is 16.7. The van der Waals surface area contributed by atoms with Crippen LogP contribution in [0.5, 0.6) is 0 Å². The van der Waals surface area contributed by atoms with Crippen LogP contribution in [0.1, 0.15) is 45.4 Å². The molecule has 0 N–H and O–H groups in total. The van der Waals surface area contributed by atoms with Crippen molar-refractivity contribution in [2.24, 2.45) is 11.3 Å². The number of hydrogen-bond acceptors (Lipinski definition) is 4. The van der Waals surface area contributed by atoms with E-state index in [0.29, 0.717) is 13.2 Å². The maximum absolute atomic E-state index is 12.2. The zero-order valence-electron chi connectivity index (χ0n) is 12.0. The standard InChI is InChI=1S/C16H22O4/c1-16-10-5-6-13(16)20-15(17)11(12(16)9-10)3-2-4-14-18-7-8-19-14/h10,13-14H,2-9H2,1H3/t10-,13-,16-/m1/s1. The van der Waals surface area contributed by atoms with Gasteiger partial charge in [0, 0.05) is 11.0 Å². The van der Waals surface area contributed by atoms with Crippen LogP contribution in [0.2, 0.25) is 0 Å². The first-order valence-corrected chi connectivity index (χ1v) is 7.86. The topological polar surface area (TPSA) is 44.8 Å². The molecule has 0 amide bonds. The summed E-state index contributed by atoms with van der Waals surface area (Å²) in [5.41, 5.74) is 2.53. The van der Waals surface area contributed by atoms with Gasteiger partial charge in [0.15, 0.2) is 6.29 Å². The monoisotopic (exact) mass is 278 g/mol. The Bertz CT molecular complexity index is 463. The molecule has 0 aromatic rings. The lowest BCUT2D eigenvalue weighted by Crippen LogP contribution is -2.49. The van der Waals surface area contributed by atoms with E-state index in [1.165, 1.54) is 12.0 Å². The van der Waals surface area contributed by atoms with Crippen LogP contribution in [0.4, 0.5) is 0 Å². The van der Waals surface area contributed by atoms with Crippen LogP contribution in [0.3, 0.4) is 0 Å². The lowest BCUT2D eigenvalue weighted by molar-refractivity contribution is -0.155. The van der Waals surface area contributed by atoms with Gasteiger partial charge in [-0.15, -0.1) is 0 Å². The Morgan fingerprint density at radius 2 is 2.05 bits per heavy atom. The highest BCUT2D eigenvalue weighted by molar-refractivity contribution is 5.91. The van der Waals surface area contributed by atoms with Crippen molar-refractivity contribution in [1.29, 1.82) is 0 Å². The Hall–Kier alpha value is -0.870. The van der Waals surface area contributed by atoms with Crippen molar-refractivity contribution in [3.05, 3.63) is 11.1 Å². The summed E-state index contributed by atoms with van der Waals surface area (Å²) >= 11 is 0. The van der Waals surface area contributed by atoms with Gasteiger partial charge in [-0.2, -0.15) is 0 Å². The number of carbonyl (C=O) groups excluding carboxylic acids is 1. The van der Waals surface area contributed by atoms with Crippen molar-refractivity contribution >= 4 is 5.97 Å². The lowest BCUT2D eigenvalue weighted by atomic mass is 9.56. The molecule has 0 unspecified atom stereocenters. The summed E-state index contributed by atoms with van der Waals surface area (Å²) in [5.74, 6) is 0.684. The summed E-state index contributed by atoms with van der Waals surface area (Å²) in [7, 11) is 0. The normalized spacial score (nSPS) is 39.8. The summed E-state index contributed by atoms with van der Waals surface area (Å²) in [6.07, 6.45) is 6.08. The highest BCUT2D eigenvalue weighted by Gasteiger charge is 2.61. The van der Waals surface area contributed by atoms with Gasteiger partial charge >= 0.3 is 5.97 Å². The molecule has 0 bridgehead atoms. The van der Waals surface area contributed by atoms with Crippen LogP contribution in [-0.4, -0.2) is 31.6 Å². The van der Waals surface area contributed by atoms with Crippen molar-refractivity contribution in [3.8, 4) is 0 Å². The van der Waals surface area contributed by atoms with E-state index in [4.69, 9.17) is 14.2 Å². The zero-order chi connectivity index (χ0) is 13.7. The van der Waals surface area contributed by atoms with Gasteiger partial charge in [-0.1, -0.05) is 6.92 Å². The predicted molar refractivity (Wildman–Crippen MR) is 71.9 cm³/mol. The van der Waals surface area contributed by atoms with E-state index < -0.39 is 0 Å². The van der Waals surface area contributed by atoms with E-state index in [-0.39, 0.29) is 23.8 Å². The fourth-order valence-electron chi connectivity index (χ4n) is 4.53. The minimum atomic E-state index is -0.0656. The molecular formula is C16H22O4. The molecule has 4 rings (SSSR count). The molecular weight excluding hydrogens is 256 g/mol. The highest BCUT2D eigenvalue weighted by Crippen LogP contribution is 2.64.